The maximum Gasteiger partial charge on any atom is 0.249 e. The molecular weight excluding hydrogens is 334 g/mol. The van der Waals surface area contributed by atoms with Gasteiger partial charge >= 0.3 is 0 Å². The number of fused-ring (bicyclic) bond motifs is 1. The molecule has 0 spiro atoms. The van der Waals surface area contributed by atoms with Crippen LogP contribution in [0.1, 0.15) is 31.7 Å². The van der Waals surface area contributed by atoms with Crippen LogP contribution >= 0.6 is 0 Å². The van der Waals surface area contributed by atoms with E-state index in [4.69, 9.17) is 20.3 Å². The molecule has 5 N–H and O–H groups in total. The Hall–Kier alpha value is -2.67. The first-order valence-corrected chi connectivity index (χ1v) is 8.69. The van der Waals surface area contributed by atoms with Crippen molar-refractivity contribution < 1.29 is 19.4 Å². The summed E-state index contributed by atoms with van der Waals surface area (Å²) >= 11 is 0. The van der Waals surface area contributed by atoms with Crippen LogP contribution in [-0.2, 0) is 4.79 Å². The van der Waals surface area contributed by atoms with Crippen molar-refractivity contribution in [1.82, 2.24) is 5.32 Å². The Kier molecular flexibility index (Phi) is 6.91. The highest BCUT2D eigenvalue weighted by molar-refractivity contribution is 5.93. The quantitative estimate of drug-likeness (QED) is 0.397. The number of nitrogens with two attached hydrogens (primary N) is 1. The molecule has 0 saturated carbocycles. The number of hydrogen-bond donors (Lipinski definition) is 4. The van der Waals surface area contributed by atoms with Gasteiger partial charge in [0, 0.05) is 36.5 Å². The molecule has 0 atom stereocenters. The van der Waals surface area contributed by atoms with Crippen molar-refractivity contribution in [2.45, 2.75) is 26.2 Å². The van der Waals surface area contributed by atoms with E-state index in [1.165, 1.54) is 0 Å². The average Bonchev–Trinajstić information content (AvgIpc) is 3.12. The summed E-state index contributed by atoms with van der Waals surface area (Å²) in [6, 6.07) is 1.88. The molecule has 1 aromatic carbocycles. The standard InChI is InChI=1S/C19H27N3O4/c1-4-5-6-13(7-8-22-19(24)12(2)10-23)16-14(21-3)9-15-18(17(16)20)26-11-25-15/h7,9,21,23H,2,4-6,8,10-11,20H2,1,3H3,(H,22,24)/b13-7+. The average molecular weight is 361 g/mol. The number of nitrogen functional groups attached to an aromatic ring is 1. The Morgan fingerprint density at radius 2 is 2.23 bits per heavy atom. The van der Waals surface area contributed by atoms with E-state index in [-0.39, 0.29) is 24.9 Å². The highest BCUT2D eigenvalue weighted by Gasteiger charge is 2.24. The lowest BCUT2D eigenvalue weighted by Gasteiger charge is -2.17. The first kappa shape index (κ1) is 19.7. The summed E-state index contributed by atoms with van der Waals surface area (Å²) < 4.78 is 10.9. The van der Waals surface area contributed by atoms with Gasteiger partial charge in [-0.1, -0.05) is 26.0 Å². The van der Waals surface area contributed by atoms with Crippen LogP contribution in [0.5, 0.6) is 11.5 Å². The zero-order valence-electron chi connectivity index (χ0n) is 15.4. The molecule has 0 bridgehead atoms. The smallest absolute Gasteiger partial charge is 0.249 e. The summed E-state index contributed by atoms with van der Waals surface area (Å²) in [4.78, 5) is 11.8. The van der Waals surface area contributed by atoms with Gasteiger partial charge in [0.05, 0.1) is 12.3 Å². The van der Waals surface area contributed by atoms with Crippen molar-refractivity contribution in [3.05, 3.63) is 29.9 Å². The maximum atomic E-state index is 11.8. The summed E-state index contributed by atoms with van der Waals surface area (Å²) in [6.07, 6.45) is 4.77. The SMILES string of the molecule is C=C(CO)C(=O)NC/C=C(\CCCC)c1c(NC)cc2c(c1N)OCO2. The van der Waals surface area contributed by atoms with Gasteiger partial charge in [0.2, 0.25) is 12.7 Å². The number of carbonyl (C=O) groups is 1. The van der Waals surface area contributed by atoms with Gasteiger partial charge in [-0.05, 0) is 18.4 Å². The second-order valence-electron chi connectivity index (χ2n) is 6.00. The van der Waals surface area contributed by atoms with E-state index >= 15 is 0 Å². The lowest BCUT2D eigenvalue weighted by atomic mass is 9.95. The van der Waals surface area contributed by atoms with Crippen molar-refractivity contribution in [1.29, 1.82) is 0 Å². The molecule has 7 nitrogen and oxygen atoms in total. The topological polar surface area (TPSA) is 106 Å². The third-order valence-corrected chi connectivity index (χ3v) is 4.21. The minimum absolute atomic E-state index is 0.131. The van der Waals surface area contributed by atoms with Gasteiger partial charge in [-0.25, -0.2) is 0 Å². The molecule has 142 valence electrons. The third kappa shape index (κ3) is 4.29. The zero-order chi connectivity index (χ0) is 19.1. The van der Waals surface area contributed by atoms with E-state index in [1.54, 1.807) is 0 Å². The first-order valence-electron chi connectivity index (χ1n) is 8.69. The highest BCUT2D eigenvalue weighted by atomic mass is 16.7. The van der Waals surface area contributed by atoms with Crippen LogP contribution in [0, 0.1) is 0 Å². The predicted octanol–water partition coefficient (Wildman–Crippen LogP) is 2.28. The lowest BCUT2D eigenvalue weighted by Crippen LogP contribution is -2.26. The zero-order valence-corrected chi connectivity index (χ0v) is 15.4. The number of allylic oxidation sites excluding steroid dienone is 1. The van der Waals surface area contributed by atoms with Gasteiger partial charge in [-0.2, -0.15) is 0 Å². The number of unbranched alkanes of at least 4 members (excludes halogenated alkanes) is 1. The predicted molar refractivity (Wildman–Crippen MR) is 103 cm³/mol. The minimum atomic E-state index is -0.369. The normalized spacial score (nSPS) is 12.8. The largest absolute Gasteiger partial charge is 0.453 e. The van der Waals surface area contributed by atoms with E-state index in [0.717, 1.165) is 36.1 Å². The van der Waals surface area contributed by atoms with E-state index < -0.39 is 0 Å². The Bertz CT molecular complexity index is 713. The molecule has 0 saturated heterocycles. The molecule has 1 aliphatic heterocycles. The van der Waals surface area contributed by atoms with E-state index in [1.807, 2.05) is 19.2 Å². The first-order chi connectivity index (χ1) is 12.5. The number of aliphatic hydroxyl groups excluding tert-OH is 1. The Labute approximate surface area is 153 Å². The van der Waals surface area contributed by atoms with Gasteiger partial charge in [-0.15, -0.1) is 0 Å². The van der Waals surface area contributed by atoms with E-state index in [9.17, 15) is 4.79 Å². The molecule has 0 unspecified atom stereocenters. The number of carbonyl (C=O) groups excluding carboxylic acids is 1. The number of hydrogen-bond acceptors (Lipinski definition) is 6. The summed E-state index contributed by atoms with van der Waals surface area (Å²) in [5.41, 5.74) is 9.75. The molecule has 1 aliphatic rings. The van der Waals surface area contributed by atoms with E-state index in [0.29, 0.717) is 23.7 Å². The number of rotatable bonds is 9. The van der Waals surface area contributed by atoms with Crippen LogP contribution in [-0.4, -0.2) is 38.0 Å². The fourth-order valence-corrected chi connectivity index (χ4v) is 2.77. The maximum absolute atomic E-state index is 11.8. The molecule has 0 aliphatic carbocycles. The Balaban J connectivity index is 2.33. The molecule has 0 fully saturated rings. The monoisotopic (exact) mass is 361 g/mol. The molecule has 1 heterocycles. The number of anilines is 2. The number of benzene rings is 1. The van der Waals surface area contributed by atoms with Gasteiger partial charge < -0.3 is 30.9 Å². The van der Waals surface area contributed by atoms with Crippen LogP contribution in [0.4, 0.5) is 11.4 Å². The Morgan fingerprint density at radius 3 is 2.88 bits per heavy atom. The van der Waals surface area contributed by atoms with Crippen molar-refractivity contribution in [3.8, 4) is 11.5 Å². The molecule has 2 rings (SSSR count). The summed E-state index contributed by atoms with van der Waals surface area (Å²) in [7, 11) is 1.82. The second kappa shape index (κ2) is 9.15. The summed E-state index contributed by atoms with van der Waals surface area (Å²) in [5.74, 6) is 0.808. The van der Waals surface area contributed by atoms with Gasteiger partial charge in [-0.3, -0.25) is 4.79 Å². The molecular formula is C19H27N3O4. The number of nitrogens with one attached hydrogen (secondary N) is 2. The summed E-state index contributed by atoms with van der Waals surface area (Å²) in [6.45, 7) is 5.74. The molecule has 26 heavy (non-hydrogen) atoms. The number of amides is 1. The lowest BCUT2D eigenvalue weighted by molar-refractivity contribution is -0.117. The van der Waals surface area contributed by atoms with Gasteiger partial charge in [0.15, 0.2) is 11.5 Å². The molecule has 1 amide bonds. The highest BCUT2D eigenvalue weighted by Crippen LogP contribution is 2.46. The van der Waals surface area contributed by atoms with Crippen molar-refractivity contribution in [2.24, 2.45) is 0 Å². The van der Waals surface area contributed by atoms with Crippen LogP contribution in [0.3, 0.4) is 0 Å². The van der Waals surface area contributed by atoms with Crippen LogP contribution < -0.4 is 25.8 Å². The van der Waals surface area contributed by atoms with Gasteiger partial charge in [0.25, 0.3) is 0 Å². The number of ether oxygens (including phenoxy) is 2. The minimum Gasteiger partial charge on any atom is -0.453 e. The fraction of sp³-hybridized carbons (Fsp3) is 0.421. The molecule has 1 aromatic rings. The van der Waals surface area contributed by atoms with E-state index in [2.05, 4.69) is 24.1 Å². The number of aliphatic hydroxyl groups is 1. The fourth-order valence-electron chi connectivity index (χ4n) is 2.77. The van der Waals surface area contributed by atoms with Crippen molar-refractivity contribution in [3.63, 3.8) is 0 Å². The molecule has 0 aromatic heterocycles. The van der Waals surface area contributed by atoms with Crippen LogP contribution in [0.15, 0.2) is 24.3 Å². The van der Waals surface area contributed by atoms with Gasteiger partial charge in [0.1, 0.15) is 0 Å². The summed E-state index contributed by atoms with van der Waals surface area (Å²) in [5, 5.41) is 14.9. The van der Waals surface area contributed by atoms with Crippen LogP contribution in [0.25, 0.3) is 5.57 Å². The van der Waals surface area contributed by atoms with Crippen LogP contribution in [0.2, 0.25) is 0 Å². The van der Waals surface area contributed by atoms with Crippen molar-refractivity contribution in [2.75, 3.05) is 38.0 Å². The second-order valence-corrected chi connectivity index (χ2v) is 6.00. The Morgan fingerprint density at radius 1 is 1.46 bits per heavy atom. The third-order valence-electron chi connectivity index (χ3n) is 4.21. The van der Waals surface area contributed by atoms with Crippen molar-refractivity contribution >= 4 is 22.9 Å². The molecule has 7 heteroatoms. The molecule has 0 radical (unpaired) electrons.